The molecular formula is C14H17ClN4O. The molecule has 6 heteroatoms. The van der Waals surface area contributed by atoms with E-state index in [1.165, 1.54) is 0 Å². The van der Waals surface area contributed by atoms with E-state index in [9.17, 15) is 0 Å². The van der Waals surface area contributed by atoms with Gasteiger partial charge in [0.1, 0.15) is 0 Å². The molecule has 0 amide bonds. The lowest BCUT2D eigenvalue weighted by molar-refractivity contribution is 0.283. The summed E-state index contributed by atoms with van der Waals surface area (Å²) in [7, 11) is 0. The second-order valence-electron chi connectivity index (χ2n) is 5.32. The van der Waals surface area contributed by atoms with Crippen LogP contribution in [0.5, 0.6) is 0 Å². The first-order chi connectivity index (χ1) is 9.63. The summed E-state index contributed by atoms with van der Waals surface area (Å²) in [5, 5.41) is 8.77. The smallest absolute Gasteiger partial charge is 0.249 e. The molecule has 0 aliphatic carbocycles. The molecule has 2 N–H and O–H groups in total. The van der Waals surface area contributed by atoms with Crippen molar-refractivity contribution in [2.75, 3.05) is 13.1 Å². The Morgan fingerprint density at radius 2 is 2.15 bits per heavy atom. The van der Waals surface area contributed by atoms with Crippen LogP contribution in [0.3, 0.4) is 0 Å². The van der Waals surface area contributed by atoms with Gasteiger partial charge >= 0.3 is 0 Å². The molecule has 1 aromatic carbocycles. The van der Waals surface area contributed by atoms with Gasteiger partial charge in [-0.15, -0.1) is 10.2 Å². The van der Waals surface area contributed by atoms with E-state index in [-0.39, 0.29) is 6.04 Å². The lowest BCUT2D eigenvalue weighted by Gasteiger charge is -2.11. The Morgan fingerprint density at radius 3 is 2.85 bits per heavy atom. The van der Waals surface area contributed by atoms with Crippen LogP contribution in [0, 0.1) is 5.92 Å². The van der Waals surface area contributed by atoms with Crippen LogP contribution in [0.1, 0.15) is 12.8 Å². The molecule has 1 fully saturated rings. The summed E-state index contributed by atoms with van der Waals surface area (Å²) >= 11 is 6.12. The van der Waals surface area contributed by atoms with Crippen molar-refractivity contribution < 1.29 is 4.42 Å². The van der Waals surface area contributed by atoms with E-state index in [1.54, 1.807) is 0 Å². The molecule has 106 valence electrons. The normalized spacial score (nSPS) is 23.4. The van der Waals surface area contributed by atoms with Crippen LogP contribution in [0.2, 0.25) is 5.02 Å². The van der Waals surface area contributed by atoms with E-state index < -0.39 is 0 Å². The lowest BCUT2D eigenvalue weighted by atomic mass is 10.1. The second-order valence-corrected chi connectivity index (χ2v) is 5.72. The summed E-state index contributed by atoms with van der Waals surface area (Å²) in [4.78, 5) is 2.24. The minimum Gasteiger partial charge on any atom is -0.419 e. The van der Waals surface area contributed by atoms with Crippen molar-refractivity contribution in [2.45, 2.75) is 19.5 Å². The van der Waals surface area contributed by atoms with Crippen molar-refractivity contribution in [3.63, 3.8) is 0 Å². The Balaban J connectivity index is 1.73. The van der Waals surface area contributed by atoms with E-state index in [2.05, 4.69) is 22.0 Å². The van der Waals surface area contributed by atoms with Gasteiger partial charge in [0.15, 0.2) is 0 Å². The van der Waals surface area contributed by atoms with Gasteiger partial charge in [-0.1, -0.05) is 30.7 Å². The highest BCUT2D eigenvalue weighted by Crippen LogP contribution is 2.26. The summed E-state index contributed by atoms with van der Waals surface area (Å²) in [6.07, 6.45) is 0. The zero-order chi connectivity index (χ0) is 14.1. The lowest BCUT2D eigenvalue weighted by Crippen LogP contribution is -2.28. The van der Waals surface area contributed by atoms with Gasteiger partial charge in [-0.05, 0) is 18.1 Å². The molecule has 3 rings (SSSR count). The summed E-state index contributed by atoms with van der Waals surface area (Å²) in [6, 6.07) is 7.67. The highest BCUT2D eigenvalue weighted by atomic mass is 35.5. The van der Waals surface area contributed by atoms with Gasteiger partial charge in [0.25, 0.3) is 0 Å². The van der Waals surface area contributed by atoms with Gasteiger partial charge < -0.3 is 10.2 Å². The van der Waals surface area contributed by atoms with Gasteiger partial charge in [-0.3, -0.25) is 4.90 Å². The second kappa shape index (κ2) is 5.52. The first-order valence-electron chi connectivity index (χ1n) is 6.68. The molecule has 1 aliphatic heterocycles. The van der Waals surface area contributed by atoms with E-state index in [0.717, 1.165) is 18.7 Å². The van der Waals surface area contributed by atoms with Gasteiger partial charge in [0.05, 0.1) is 17.1 Å². The van der Waals surface area contributed by atoms with Crippen molar-refractivity contribution in [1.82, 2.24) is 15.1 Å². The Labute approximate surface area is 122 Å². The fourth-order valence-corrected chi connectivity index (χ4v) is 2.69. The quantitative estimate of drug-likeness (QED) is 0.939. The summed E-state index contributed by atoms with van der Waals surface area (Å²) in [5.74, 6) is 1.56. The van der Waals surface area contributed by atoms with Crippen molar-refractivity contribution in [3.8, 4) is 11.5 Å². The third kappa shape index (κ3) is 2.70. The van der Waals surface area contributed by atoms with Crippen molar-refractivity contribution >= 4 is 11.6 Å². The average molecular weight is 293 g/mol. The van der Waals surface area contributed by atoms with Crippen LogP contribution < -0.4 is 5.73 Å². The SMILES string of the molecule is CC1CN(Cc2nnc(-c3ccccc3Cl)o2)CC1N. The number of hydrogen-bond acceptors (Lipinski definition) is 5. The molecule has 2 aromatic rings. The molecule has 0 radical (unpaired) electrons. The number of hydrogen-bond donors (Lipinski definition) is 1. The van der Waals surface area contributed by atoms with Crippen LogP contribution in [0.15, 0.2) is 28.7 Å². The Morgan fingerprint density at radius 1 is 1.35 bits per heavy atom. The highest BCUT2D eigenvalue weighted by Gasteiger charge is 2.27. The number of aromatic nitrogens is 2. The van der Waals surface area contributed by atoms with Crippen LogP contribution in [-0.4, -0.2) is 34.2 Å². The van der Waals surface area contributed by atoms with Gasteiger partial charge in [0, 0.05) is 19.1 Å². The monoisotopic (exact) mass is 292 g/mol. The van der Waals surface area contributed by atoms with E-state index in [4.69, 9.17) is 21.8 Å². The van der Waals surface area contributed by atoms with Crippen LogP contribution in [0.4, 0.5) is 0 Å². The van der Waals surface area contributed by atoms with Gasteiger partial charge in [-0.25, -0.2) is 0 Å². The zero-order valence-corrected chi connectivity index (χ0v) is 12.0. The maximum absolute atomic E-state index is 6.12. The molecule has 1 aliphatic rings. The van der Waals surface area contributed by atoms with E-state index in [0.29, 0.717) is 29.3 Å². The molecule has 1 aromatic heterocycles. The molecule has 0 bridgehead atoms. The van der Waals surface area contributed by atoms with E-state index in [1.807, 2.05) is 24.3 Å². The number of halogens is 1. The van der Waals surface area contributed by atoms with E-state index >= 15 is 0 Å². The molecule has 0 spiro atoms. The third-order valence-corrected chi connectivity index (χ3v) is 4.01. The number of nitrogens with zero attached hydrogens (tertiary/aromatic N) is 3. The zero-order valence-electron chi connectivity index (χ0n) is 11.3. The Hall–Kier alpha value is -1.43. The average Bonchev–Trinajstić information content (AvgIpc) is 2.98. The third-order valence-electron chi connectivity index (χ3n) is 3.68. The van der Waals surface area contributed by atoms with Crippen molar-refractivity contribution in [3.05, 3.63) is 35.2 Å². The fourth-order valence-electron chi connectivity index (χ4n) is 2.48. The number of likely N-dealkylation sites (tertiary alicyclic amines) is 1. The largest absolute Gasteiger partial charge is 0.419 e. The van der Waals surface area contributed by atoms with Crippen LogP contribution >= 0.6 is 11.6 Å². The Bertz CT molecular complexity index is 590. The maximum Gasteiger partial charge on any atom is 0.249 e. The number of nitrogens with two attached hydrogens (primary N) is 1. The molecule has 2 heterocycles. The fraction of sp³-hybridized carbons (Fsp3) is 0.429. The van der Waals surface area contributed by atoms with Gasteiger partial charge in [-0.2, -0.15) is 0 Å². The minimum atomic E-state index is 0.223. The van der Waals surface area contributed by atoms with Crippen LogP contribution in [-0.2, 0) is 6.54 Å². The molecule has 20 heavy (non-hydrogen) atoms. The van der Waals surface area contributed by atoms with Gasteiger partial charge in [0.2, 0.25) is 11.8 Å². The number of rotatable bonds is 3. The van der Waals surface area contributed by atoms with Crippen LogP contribution in [0.25, 0.3) is 11.5 Å². The summed E-state index contributed by atoms with van der Waals surface area (Å²) in [5.41, 5.74) is 6.78. The predicted octanol–water partition coefficient (Wildman–Crippen LogP) is 2.17. The standard InChI is InChI=1S/C14H17ClN4O/c1-9-6-19(7-12(9)16)8-13-17-18-14(20-13)10-4-2-3-5-11(10)15/h2-5,9,12H,6-8,16H2,1H3. The molecule has 2 atom stereocenters. The Kier molecular flexibility index (Phi) is 3.74. The maximum atomic E-state index is 6.12. The summed E-state index contributed by atoms with van der Waals surface area (Å²) in [6.45, 7) is 4.62. The molecule has 5 nitrogen and oxygen atoms in total. The molecular weight excluding hydrogens is 276 g/mol. The first-order valence-corrected chi connectivity index (χ1v) is 7.06. The van der Waals surface area contributed by atoms with Crippen molar-refractivity contribution in [2.24, 2.45) is 11.7 Å². The minimum absolute atomic E-state index is 0.223. The topological polar surface area (TPSA) is 68.2 Å². The molecule has 0 saturated carbocycles. The number of benzene rings is 1. The molecule has 1 saturated heterocycles. The highest BCUT2D eigenvalue weighted by molar-refractivity contribution is 6.33. The first kappa shape index (κ1) is 13.5. The molecule has 2 unspecified atom stereocenters. The summed E-state index contributed by atoms with van der Waals surface area (Å²) < 4.78 is 5.69. The predicted molar refractivity (Wildman–Crippen MR) is 77.2 cm³/mol. The van der Waals surface area contributed by atoms with Crippen molar-refractivity contribution in [1.29, 1.82) is 0 Å².